The smallest absolute Gasteiger partial charge is 0.256 e. The average molecular weight is 465 g/mol. The van der Waals surface area contributed by atoms with Gasteiger partial charge in [0.25, 0.3) is 5.91 Å². The summed E-state index contributed by atoms with van der Waals surface area (Å²) < 4.78 is 6.11. The Morgan fingerprint density at radius 2 is 2.03 bits per heavy atom. The molecule has 0 bridgehead atoms. The van der Waals surface area contributed by atoms with Crippen LogP contribution in [0.3, 0.4) is 0 Å². The summed E-state index contributed by atoms with van der Waals surface area (Å²) in [5.41, 5.74) is 4.09. The number of hydrogen-bond donors (Lipinski definition) is 0. The quantitative estimate of drug-likeness (QED) is 0.373. The molecule has 0 radical (unpaired) electrons. The van der Waals surface area contributed by atoms with Crippen molar-refractivity contribution in [3.8, 4) is 10.6 Å². The molecule has 4 aromatic rings. The topological polar surface area (TPSA) is 72.1 Å². The van der Waals surface area contributed by atoms with Crippen molar-refractivity contribution in [2.45, 2.75) is 31.7 Å². The van der Waals surface area contributed by atoms with Crippen LogP contribution in [0.1, 0.15) is 52.9 Å². The maximum atomic E-state index is 13.6. The molecule has 6 nitrogen and oxygen atoms in total. The molecule has 0 saturated carbocycles. The van der Waals surface area contributed by atoms with Crippen LogP contribution in [-0.4, -0.2) is 32.3 Å². The number of likely N-dealkylation sites (tertiary alicyclic amines) is 1. The third kappa shape index (κ3) is 4.31. The molecule has 1 aliphatic heterocycles. The van der Waals surface area contributed by atoms with Crippen molar-refractivity contribution in [3.63, 3.8) is 0 Å². The molecule has 3 aromatic heterocycles. The van der Waals surface area contributed by atoms with Gasteiger partial charge in [-0.2, -0.15) is 0 Å². The number of aromatic nitrogens is 3. The van der Waals surface area contributed by atoms with Gasteiger partial charge in [0.05, 0.1) is 27.8 Å². The summed E-state index contributed by atoms with van der Waals surface area (Å²) in [7, 11) is 0. The van der Waals surface area contributed by atoms with E-state index in [0.717, 1.165) is 35.5 Å². The number of nitrogens with zero attached hydrogens (tertiary/aromatic N) is 4. The minimum absolute atomic E-state index is 0.0522. The molecule has 5 rings (SSSR count). The van der Waals surface area contributed by atoms with E-state index >= 15 is 0 Å². The summed E-state index contributed by atoms with van der Waals surface area (Å²) >= 11 is 7.45. The molecule has 1 unspecified atom stereocenters. The van der Waals surface area contributed by atoms with Crippen molar-refractivity contribution in [3.05, 3.63) is 88.3 Å². The number of halogens is 1. The molecule has 8 heteroatoms. The number of amides is 1. The number of rotatable bonds is 5. The molecule has 1 aliphatic rings. The largest absolute Gasteiger partial charge is 0.443 e. The summed E-state index contributed by atoms with van der Waals surface area (Å²) in [6.07, 6.45) is 8.64. The molecule has 1 saturated heterocycles. The minimum atomic E-state index is -0.190. The molecule has 0 aliphatic carbocycles. The fourth-order valence-corrected chi connectivity index (χ4v) is 4.81. The van der Waals surface area contributed by atoms with Gasteiger partial charge >= 0.3 is 0 Å². The first-order chi connectivity index (χ1) is 15.7. The standard InChI is InChI=1S/C24H21ClN4O2S/c25-17-8-6-16(7-9-17)12-18-13-28-23(31-18)20-5-1-2-11-29(20)24(30)19-4-3-10-27-22(19)21-14-26-15-32-21/h3-4,6-10,13-15,20H,1-2,5,11-12H2. The SMILES string of the molecule is O=C(c1cccnc1-c1cncs1)N1CCCCC1c1ncc(Cc2ccc(Cl)cc2)o1. The van der Waals surface area contributed by atoms with Gasteiger partial charge in [-0.25, -0.2) is 4.98 Å². The van der Waals surface area contributed by atoms with Crippen LogP contribution in [-0.2, 0) is 6.42 Å². The van der Waals surface area contributed by atoms with Crippen molar-refractivity contribution in [2.75, 3.05) is 6.54 Å². The van der Waals surface area contributed by atoms with Gasteiger partial charge in [0.1, 0.15) is 11.8 Å². The van der Waals surface area contributed by atoms with Crippen LogP contribution < -0.4 is 0 Å². The van der Waals surface area contributed by atoms with Crippen LogP contribution in [0.25, 0.3) is 10.6 Å². The Balaban J connectivity index is 1.40. The van der Waals surface area contributed by atoms with Gasteiger partial charge in [0.15, 0.2) is 0 Å². The van der Waals surface area contributed by atoms with Crippen molar-refractivity contribution >= 4 is 28.8 Å². The second-order valence-corrected chi connectivity index (χ2v) is 9.07. The molecular formula is C24H21ClN4O2S. The third-order valence-electron chi connectivity index (χ3n) is 5.62. The second-order valence-electron chi connectivity index (χ2n) is 7.74. The summed E-state index contributed by atoms with van der Waals surface area (Å²) in [6.45, 7) is 0.662. The molecule has 0 spiro atoms. The van der Waals surface area contributed by atoms with Crippen LogP contribution in [0, 0.1) is 0 Å². The third-order valence-corrected chi connectivity index (χ3v) is 6.65. The zero-order chi connectivity index (χ0) is 21.9. The summed E-state index contributed by atoms with van der Waals surface area (Å²) in [4.78, 5) is 29.5. The molecule has 1 fully saturated rings. The molecule has 1 atom stereocenters. The fourth-order valence-electron chi connectivity index (χ4n) is 4.05. The van der Waals surface area contributed by atoms with Gasteiger partial charge in [-0.1, -0.05) is 23.7 Å². The maximum absolute atomic E-state index is 13.6. The first kappa shape index (κ1) is 20.8. The lowest BCUT2D eigenvalue weighted by atomic mass is 10.00. The highest BCUT2D eigenvalue weighted by atomic mass is 35.5. The minimum Gasteiger partial charge on any atom is -0.443 e. The molecule has 4 heterocycles. The number of piperidine rings is 1. The number of benzene rings is 1. The van der Waals surface area contributed by atoms with Crippen LogP contribution in [0.5, 0.6) is 0 Å². The van der Waals surface area contributed by atoms with E-state index in [1.54, 1.807) is 30.2 Å². The zero-order valence-corrected chi connectivity index (χ0v) is 18.9. The van der Waals surface area contributed by atoms with Gasteiger partial charge < -0.3 is 9.32 Å². The van der Waals surface area contributed by atoms with E-state index in [2.05, 4.69) is 15.0 Å². The first-order valence-corrected chi connectivity index (χ1v) is 11.8. The van der Waals surface area contributed by atoms with Gasteiger partial charge in [-0.3, -0.25) is 14.8 Å². The Hall–Kier alpha value is -3.03. The highest BCUT2D eigenvalue weighted by Crippen LogP contribution is 2.34. The van der Waals surface area contributed by atoms with E-state index in [-0.39, 0.29) is 11.9 Å². The first-order valence-electron chi connectivity index (χ1n) is 10.5. The molecular weight excluding hydrogens is 444 g/mol. The monoisotopic (exact) mass is 464 g/mol. The van der Waals surface area contributed by atoms with Crippen LogP contribution >= 0.6 is 22.9 Å². The highest BCUT2D eigenvalue weighted by molar-refractivity contribution is 7.13. The normalized spacial score (nSPS) is 16.3. The maximum Gasteiger partial charge on any atom is 0.256 e. The number of carbonyl (C=O) groups excluding carboxylic acids is 1. The Morgan fingerprint density at radius 3 is 2.84 bits per heavy atom. The number of carbonyl (C=O) groups is 1. The predicted octanol–water partition coefficient (Wildman–Crippen LogP) is 5.80. The van der Waals surface area contributed by atoms with Crippen LogP contribution in [0.4, 0.5) is 0 Å². The van der Waals surface area contributed by atoms with E-state index in [1.807, 2.05) is 35.2 Å². The van der Waals surface area contributed by atoms with E-state index < -0.39 is 0 Å². The number of thiazole rings is 1. The highest BCUT2D eigenvalue weighted by Gasteiger charge is 2.33. The van der Waals surface area contributed by atoms with E-state index in [1.165, 1.54) is 11.3 Å². The Labute approximate surface area is 194 Å². The zero-order valence-electron chi connectivity index (χ0n) is 17.3. The Kier molecular flexibility index (Phi) is 6.01. The fraction of sp³-hybridized carbons (Fsp3) is 0.250. The second kappa shape index (κ2) is 9.22. The predicted molar refractivity (Wildman–Crippen MR) is 124 cm³/mol. The molecule has 1 amide bonds. The molecule has 0 N–H and O–H groups in total. The van der Waals surface area contributed by atoms with E-state index in [9.17, 15) is 4.79 Å². The van der Waals surface area contributed by atoms with Gasteiger partial charge in [-0.15, -0.1) is 11.3 Å². The molecule has 32 heavy (non-hydrogen) atoms. The van der Waals surface area contributed by atoms with E-state index in [4.69, 9.17) is 16.0 Å². The number of hydrogen-bond acceptors (Lipinski definition) is 6. The lowest BCUT2D eigenvalue weighted by molar-refractivity contribution is 0.0570. The molecule has 1 aromatic carbocycles. The average Bonchev–Trinajstić information content (AvgIpc) is 3.53. The lowest BCUT2D eigenvalue weighted by Crippen LogP contribution is -2.39. The van der Waals surface area contributed by atoms with Crippen molar-refractivity contribution in [1.82, 2.24) is 19.9 Å². The van der Waals surface area contributed by atoms with Crippen molar-refractivity contribution in [1.29, 1.82) is 0 Å². The van der Waals surface area contributed by atoms with Gasteiger partial charge in [0, 0.05) is 30.4 Å². The van der Waals surface area contributed by atoms with Crippen molar-refractivity contribution < 1.29 is 9.21 Å². The van der Waals surface area contributed by atoms with Gasteiger partial charge in [0.2, 0.25) is 5.89 Å². The lowest BCUT2D eigenvalue weighted by Gasteiger charge is -2.34. The Bertz CT molecular complexity index is 1210. The van der Waals surface area contributed by atoms with Gasteiger partial charge in [-0.05, 0) is 49.1 Å². The summed E-state index contributed by atoms with van der Waals surface area (Å²) in [5.74, 6) is 1.31. The summed E-state index contributed by atoms with van der Waals surface area (Å²) in [5, 5.41) is 0.705. The summed E-state index contributed by atoms with van der Waals surface area (Å²) in [6, 6.07) is 11.1. The number of pyridine rings is 1. The van der Waals surface area contributed by atoms with Crippen molar-refractivity contribution in [2.24, 2.45) is 0 Å². The van der Waals surface area contributed by atoms with Crippen LogP contribution in [0.2, 0.25) is 5.02 Å². The van der Waals surface area contributed by atoms with Crippen LogP contribution in [0.15, 0.2) is 64.9 Å². The molecule has 162 valence electrons. The van der Waals surface area contributed by atoms with E-state index in [0.29, 0.717) is 35.1 Å². The Morgan fingerprint density at radius 1 is 1.16 bits per heavy atom. The number of oxazole rings is 1.